The van der Waals surface area contributed by atoms with Crippen LogP contribution in [0.3, 0.4) is 0 Å². The first-order valence-corrected chi connectivity index (χ1v) is 35.4. The van der Waals surface area contributed by atoms with Gasteiger partial charge in [0.25, 0.3) is 23.6 Å². The van der Waals surface area contributed by atoms with E-state index in [0.717, 1.165) is 97.0 Å². The number of hydrogen-bond donors (Lipinski definition) is 4. The van der Waals surface area contributed by atoms with Gasteiger partial charge in [-0.25, -0.2) is 0 Å². The van der Waals surface area contributed by atoms with E-state index in [2.05, 4.69) is 215 Å². The van der Waals surface area contributed by atoms with Crippen molar-refractivity contribution < 1.29 is 28.3 Å². The van der Waals surface area contributed by atoms with E-state index in [1.165, 1.54) is 57.0 Å². The second kappa shape index (κ2) is 33.3. The average molecular weight is 1460 g/mol. The van der Waals surface area contributed by atoms with Gasteiger partial charge in [0.15, 0.2) is 5.69 Å². The topological polar surface area (TPSA) is 184 Å². The van der Waals surface area contributed by atoms with E-state index in [1.54, 1.807) is 43.6 Å². The molecular weight excluding hydrogens is 1380 g/mol. The molecule has 16 aromatic rings. The molecule has 526 valence electrons. The molecule has 0 spiro atoms. The fourth-order valence-corrected chi connectivity index (χ4v) is 13.1. The molecule has 0 aliphatic carbocycles. The van der Waals surface area contributed by atoms with E-state index in [-0.39, 0.29) is 23.6 Å². The van der Waals surface area contributed by atoms with Crippen molar-refractivity contribution in [2.75, 3.05) is 28.4 Å². The summed E-state index contributed by atoms with van der Waals surface area (Å²) >= 11 is 3.45. The van der Waals surface area contributed by atoms with Crippen LogP contribution in [0, 0.1) is 27.7 Å². The zero-order valence-corrected chi connectivity index (χ0v) is 60.8. The number of ether oxygens (including phenoxy) is 1. The number of hydrogen-bond acceptors (Lipinski definition) is 8. The molecule has 0 saturated heterocycles. The molecule has 16 nitrogen and oxygen atoms in total. The van der Waals surface area contributed by atoms with Crippen LogP contribution in [0.5, 0.6) is 5.75 Å². The third kappa shape index (κ3) is 17.3. The standard InChI is InChI=1S/C24H22N2O2.C23H19BrN2O.C21H18N4O.C21H18N2O2/c1-17-11-13-18(14-12-17)15-26-16-21(19-7-3-5-9-22(19)26)25-24(27)20-8-4-6-10-23(20)28-2;1-16-10-12-17(13-11-16)14-26-15-21(19-7-3-5-9-22(19)26)25-23(27)18-6-2-4-8-20(18)24;1-15-8-10-16(11-9-15)13-25-14-19(17-5-2-3-7-20(17)25)23-21(26)18-6-4-12-22-24-18;1-15-5-4-6-16(11-15)12-23-13-19(18-7-2-3-8-20(18)23)22-21(24)17-9-10-25-14-17/h3-14,16H,15H2,1-2H3,(H,25,27);2-13,15H,14H2,1H3,(H,25,27);2-12,14H,13H2,1H3,(H,23,26);2-11,13-14H,12H2,1H3,(H,22,24). The van der Waals surface area contributed by atoms with Gasteiger partial charge in [-0.3, -0.25) is 19.2 Å². The molecule has 0 aliphatic rings. The number of rotatable bonds is 17. The van der Waals surface area contributed by atoms with Crippen molar-refractivity contribution in [3.05, 3.63) is 376 Å². The lowest BCUT2D eigenvalue weighted by Gasteiger charge is -2.08. The molecule has 17 heteroatoms. The lowest BCUT2D eigenvalue weighted by molar-refractivity contribution is 0.101. The lowest BCUT2D eigenvalue weighted by atomic mass is 10.1. The van der Waals surface area contributed by atoms with Gasteiger partial charge in [0, 0.05) is 83.2 Å². The van der Waals surface area contributed by atoms with Gasteiger partial charge in [0.2, 0.25) is 0 Å². The van der Waals surface area contributed by atoms with Crippen LogP contribution in [0.1, 0.15) is 86.1 Å². The second-order valence-electron chi connectivity index (χ2n) is 25.8. The number of halogens is 1. The van der Waals surface area contributed by atoms with E-state index in [0.29, 0.717) is 28.1 Å². The SMILES string of the molecule is COc1ccccc1C(=O)Nc1cn(Cc2ccc(C)cc2)c2ccccc12.Cc1ccc(Cn2cc(NC(=O)c3ccccc3Br)c3ccccc32)cc1.Cc1ccc(Cn2cc(NC(=O)c3cccnn3)c3ccccc32)cc1.Cc1cccc(Cn2cc(NC(=O)c3ccoc3)c3ccccc32)c1. The monoisotopic (exact) mass is 1460 g/mol. The predicted molar refractivity (Wildman–Crippen MR) is 429 cm³/mol. The Labute approximate surface area is 622 Å². The summed E-state index contributed by atoms with van der Waals surface area (Å²) in [6, 6.07) is 86.0. The quantitative estimate of drug-likeness (QED) is 0.0694. The van der Waals surface area contributed by atoms with Crippen LogP contribution in [0.2, 0.25) is 0 Å². The summed E-state index contributed by atoms with van der Waals surface area (Å²) in [5.41, 5.74) is 19.3. The Kier molecular flexibility index (Phi) is 22.4. The van der Waals surface area contributed by atoms with Crippen molar-refractivity contribution >= 4 is 106 Å². The first-order chi connectivity index (χ1) is 51.7. The highest BCUT2D eigenvalue weighted by Gasteiger charge is 2.20. The van der Waals surface area contributed by atoms with Gasteiger partial charge >= 0.3 is 0 Å². The molecule has 10 aromatic carbocycles. The number of benzene rings is 10. The van der Waals surface area contributed by atoms with Gasteiger partial charge in [-0.05, 0) is 133 Å². The second-order valence-corrected chi connectivity index (χ2v) is 26.7. The minimum atomic E-state index is -0.267. The number of methoxy groups -OCH3 is 1. The zero-order valence-electron chi connectivity index (χ0n) is 59.2. The Balaban J connectivity index is 0.000000125. The fourth-order valence-electron chi connectivity index (χ4n) is 12.6. The number of carbonyl (C=O) groups is 4. The first kappa shape index (κ1) is 71.3. The number of anilines is 4. The molecule has 6 aromatic heterocycles. The fraction of sp³-hybridized carbons (Fsp3) is 0.101. The molecule has 16 rings (SSSR count). The Hall–Kier alpha value is -13.1. The van der Waals surface area contributed by atoms with Gasteiger partial charge in [-0.1, -0.05) is 216 Å². The van der Waals surface area contributed by atoms with Crippen LogP contribution in [0.4, 0.5) is 22.7 Å². The molecule has 106 heavy (non-hydrogen) atoms. The number of para-hydroxylation sites is 5. The van der Waals surface area contributed by atoms with E-state index in [9.17, 15) is 19.2 Å². The molecule has 0 saturated carbocycles. The highest BCUT2D eigenvalue weighted by molar-refractivity contribution is 9.10. The van der Waals surface area contributed by atoms with Crippen LogP contribution in [-0.4, -0.2) is 59.2 Å². The summed E-state index contributed by atoms with van der Waals surface area (Å²) in [6.45, 7) is 11.3. The summed E-state index contributed by atoms with van der Waals surface area (Å²) < 4.78 is 19.7. The highest BCUT2D eigenvalue weighted by atomic mass is 79.9. The summed E-state index contributed by atoms with van der Waals surface area (Å²) in [5.74, 6) is -0.191. The smallest absolute Gasteiger partial charge is 0.276 e. The van der Waals surface area contributed by atoms with Gasteiger partial charge in [0.1, 0.15) is 12.0 Å². The van der Waals surface area contributed by atoms with Crippen LogP contribution in [-0.2, 0) is 26.2 Å². The third-order valence-corrected chi connectivity index (χ3v) is 18.8. The molecule has 0 radical (unpaired) electrons. The van der Waals surface area contributed by atoms with Crippen LogP contribution >= 0.6 is 15.9 Å². The number of aryl methyl sites for hydroxylation is 4. The molecule has 6 heterocycles. The van der Waals surface area contributed by atoms with Crippen LogP contribution in [0.15, 0.2) is 313 Å². The molecule has 4 amide bonds. The molecule has 0 bridgehead atoms. The summed E-state index contributed by atoms with van der Waals surface area (Å²) in [7, 11) is 1.57. The van der Waals surface area contributed by atoms with Gasteiger partial charge < -0.3 is 48.7 Å². The number of nitrogens with one attached hydrogen (secondary N) is 4. The molecule has 4 N–H and O–H groups in total. The highest BCUT2D eigenvalue weighted by Crippen LogP contribution is 2.33. The minimum Gasteiger partial charge on any atom is -0.496 e. The lowest BCUT2D eigenvalue weighted by Crippen LogP contribution is -2.13. The normalized spacial score (nSPS) is 10.8. The number of carbonyl (C=O) groups excluding carboxylic acids is 4. The van der Waals surface area contributed by atoms with Crippen molar-refractivity contribution in [3.63, 3.8) is 0 Å². The summed E-state index contributed by atoms with van der Waals surface area (Å²) in [5, 5.41) is 23.8. The van der Waals surface area contributed by atoms with Crippen LogP contribution < -0.4 is 26.0 Å². The van der Waals surface area contributed by atoms with Gasteiger partial charge in [0.05, 0.1) is 74.9 Å². The number of amides is 4. The Morgan fingerprint density at radius 1 is 0.387 bits per heavy atom. The maximum atomic E-state index is 12.8. The first-order valence-electron chi connectivity index (χ1n) is 34.6. The van der Waals surface area contributed by atoms with Crippen molar-refractivity contribution in [1.82, 2.24) is 28.5 Å². The van der Waals surface area contributed by atoms with Gasteiger partial charge in [-0.15, -0.1) is 5.10 Å². The van der Waals surface area contributed by atoms with E-state index in [4.69, 9.17) is 9.15 Å². The van der Waals surface area contributed by atoms with E-state index in [1.807, 2.05) is 134 Å². The van der Waals surface area contributed by atoms with Crippen LogP contribution in [0.25, 0.3) is 43.6 Å². The molecule has 0 unspecified atom stereocenters. The summed E-state index contributed by atoms with van der Waals surface area (Å²) in [6.07, 6.45) is 12.5. The minimum absolute atomic E-state index is 0.124. The average Bonchev–Trinajstić information content (AvgIpc) is 1.66. The molecular formula is C89H77BrN10O6. The number of fused-ring (bicyclic) bond motifs is 4. The van der Waals surface area contributed by atoms with Gasteiger partial charge in [-0.2, -0.15) is 5.10 Å². The Morgan fingerprint density at radius 2 is 0.783 bits per heavy atom. The third-order valence-electron chi connectivity index (χ3n) is 18.1. The van der Waals surface area contributed by atoms with Crippen molar-refractivity contribution in [2.24, 2.45) is 0 Å². The maximum Gasteiger partial charge on any atom is 0.276 e. The zero-order chi connectivity index (χ0) is 73.5. The van der Waals surface area contributed by atoms with Crippen molar-refractivity contribution in [2.45, 2.75) is 53.9 Å². The molecule has 0 aliphatic heterocycles. The molecule has 0 fully saturated rings. The predicted octanol–water partition coefficient (Wildman–Crippen LogP) is 20.2. The van der Waals surface area contributed by atoms with E-state index < -0.39 is 0 Å². The Morgan fingerprint density at radius 3 is 1.20 bits per heavy atom. The number of nitrogens with zero attached hydrogens (tertiary/aromatic N) is 6. The largest absolute Gasteiger partial charge is 0.496 e. The number of furan rings is 1. The molecule has 0 atom stereocenters. The maximum absolute atomic E-state index is 12.8. The Bertz CT molecular complexity index is 5740. The summed E-state index contributed by atoms with van der Waals surface area (Å²) in [4.78, 5) is 50.4. The van der Waals surface area contributed by atoms with Crippen molar-refractivity contribution in [1.29, 1.82) is 0 Å². The van der Waals surface area contributed by atoms with Crippen molar-refractivity contribution in [3.8, 4) is 5.75 Å². The van der Waals surface area contributed by atoms with E-state index >= 15 is 0 Å². The number of aromatic nitrogens is 6.